The lowest BCUT2D eigenvalue weighted by Gasteiger charge is -2.43. The van der Waals surface area contributed by atoms with E-state index >= 15 is 0 Å². The number of piperidine rings is 1. The molecule has 5 rings (SSSR count). The molecule has 0 amide bonds. The van der Waals surface area contributed by atoms with Crippen LogP contribution in [0.2, 0.25) is 0 Å². The van der Waals surface area contributed by atoms with Gasteiger partial charge in [0.25, 0.3) is 5.56 Å². The van der Waals surface area contributed by atoms with Gasteiger partial charge < -0.3 is 9.47 Å². The van der Waals surface area contributed by atoms with E-state index in [9.17, 15) is 4.79 Å². The Kier molecular flexibility index (Phi) is 5.50. The Bertz CT molecular complexity index is 943. The van der Waals surface area contributed by atoms with Gasteiger partial charge in [-0.3, -0.25) is 14.7 Å². The first kappa shape index (κ1) is 20.0. The fourth-order valence-corrected chi connectivity index (χ4v) is 5.76. The Morgan fingerprint density at radius 3 is 2.63 bits per heavy atom. The number of aromatic nitrogens is 2. The van der Waals surface area contributed by atoms with Crippen LogP contribution in [0.15, 0.2) is 35.3 Å². The number of fused-ring (bicyclic) bond motifs is 4. The SMILES string of the molecule is CC(C)CN1C[C@@H]2C[C@H](C1)c1cc(-c3ccc(CN4CCCC4)cn3)cc(=O)n1C2. The quantitative estimate of drug-likeness (QED) is 0.761. The first-order valence-electron chi connectivity index (χ1n) is 11.7. The number of nitrogens with zero attached hydrogens (tertiary/aromatic N) is 4. The van der Waals surface area contributed by atoms with Gasteiger partial charge in [-0.05, 0) is 61.9 Å². The highest BCUT2D eigenvalue weighted by atomic mass is 16.1. The second-order valence-corrected chi connectivity index (χ2v) is 10.1. The zero-order valence-corrected chi connectivity index (χ0v) is 18.4. The number of rotatable bonds is 5. The van der Waals surface area contributed by atoms with Crippen molar-refractivity contribution in [2.75, 3.05) is 32.7 Å². The molecule has 0 spiro atoms. The standard InChI is InChI=1S/C25H34N4O/c1-18(2)13-28-15-20-9-22(17-28)24-10-21(11-25(30)29(24)16-20)23-6-5-19(12-26-23)14-27-7-3-4-8-27/h5-6,10-12,18,20,22H,3-4,7-9,13-17H2,1-2H3/t20-,22+/m0/s1. The van der Waals surface area contributed by atoms with Crippen molar-refractivity contribution in [2.45, 2.75) is 52.1 Å². The van der Waals surface area contributed by atoms with Crippen LogP contribution in [0, 0.1) is 11.8 Å². The highest BCUT2D eigenvalue weighted by Gasteiger charge is 2.35. The number of hydrogen-bond acceptors (Lipinski definition) is 4. The van der Waals surface area contributed by atoms with Crippen LogP contribution in [0.1, 0.15) is 50.3 Å². The predicted octanol–water partition coefficient (Wildman–Crippen LogP) is 3.58. The molecule has 2 atom stereocenters. The van der Waals surface area contributed by atoms with Gasteiger partial charge in [0.1, 0.15) is 0 Å². The molecule has 5 heteroatoms. The topological polar surface area (TPSA) is 41.4 Å². The Morgan fingerprint density at radius 2 is 1.90 bits per heavy atom. The molecular formula is C25H34N4O. The van der Waals surface area contributed by atoms with E-state index in [1.807, 2.05) is 10.8 Å². The molecule has 5 nitrogen and oxygen atoms in total. The summed E-state index contributed by atoms with van der Waals surface area (Å²) in [6, 6.07) is 8.30. The molecule has 30 heavy (non-hydrogen) atoms. The molecule has 0 aliphatic carbocycles. The minimum Gasteiger partial charge on any atom is -0.312 e. The first-order chi connectivity index (χ1) is 14.5. The minimum atomic E-state index is 0.137. The molecule has 0 aromatic carbocycles. The van der Waals surface area contributed by atoms with Crippen LogP contribution >= 0.6 is 0 Å². The highest BCUT2D eigenvalue weighted by Crippen LogP contribution is 2.36. The summed E-state index contributed by atoms with van der Waals surface area (Å²) in [7, 11) is 0. The van der Waals surface area contributed by atoms with Crippen molar-refractivity contribution in [2.24, 2.45) is 11.8 Å². The maximum Gasteiger partial charge on any atom is 0.251 e. The van der Waals surface area contributed by atoms with Crippen LogP contribution in [0.25, 0.3) is 11.3 Å². The summed E-state index contributed by atoms with van der Waals surface area (Å²) >= 11 is 0. The normalized spacial score (nSPS) is 24.4. The molecule has 0 N–H and O–H groups in total. The molecule has 2 bridgehead atoms. The summed E-state index contributed by atoms with van der Waals surface area (Å²) in [5.41, 5.74) is 4.49. The minimum absolute atomic E-state index is 0.137. The molecule has 5 heterocycles. The van der Waals surface area contributed by atoms with Gasteiger partial charge in [0.2, 0.25) is 0 Å². The smallest absolute Gasteiger partial charge is 0.251 e. The molecule has 0 unspecified atom stereocenters. The summed E-state index contributed by atoms with van der Waals surface area (Å²) in [6.07, 6.45) is 5.81. The molecule has 2 saturated heterocycles. The van der Waals surface area contributed by atoms with Crippen LogP contribution < -0.4 is 5.56 Å². The molecule has 2 aromatic heterocycles. The van der Waals surface area contributed by atoms with Gasteiger partial charge >= 0.3 is 0 Å². The second kappa shape index (κ2) is 8.27. The predicted molar refractivity (Wildman–Crippen MR) is 121 cm³/mol. The lowest BCUT2D eigenvalue weighted by Crippen LogP contribution is -2.48. The van der Waals surface area contributed by atoms with Crippen molar-refractivity contribution in [3.05, 3.63) is 52.1 Å². The van der Waals surface area contributed by atoms with Gasteiger partial charge in [0.15, 0.2) is 0 Å². The lowest BCUT2D eigenvalue weighted by molar-refractivity contribution is 0.109. The largest absolute Gasteiger partial charge is 0.312 e. The first-order valence-corrected chi connectivity index (χ1v) is 11.7. The zero-order valence-electron chi connectivity index (χ0n) is 18.4. The fraction of sp³-hybridized carbons (Fsp3) is 0.600. The van der Waals surface area contributed by atoms with Crippen LogP contribution in [-0.2, 0) is 13.1 Å². The van der Waals surface area contributed by atoms with Crippen LogP contribution in [0.5, 0.6) is 0 Å². The molecule has 0 saturated carbocycles. The maximum atomic E-state index is 13.0. The third-order valence-electron chi connectivity index (χ3n) is 6.98. The van der Waals surface area contributed by atoms with Crippen LogP contribution in [-0.4, -0.2) is 52.1 Å². The Balaban J connectivity index is 1.39. The zero-order chi connectivity index (χ0) is 20.7. The third-order valence-corrected chi connectivity index (χ3v) is 6.98. The van der Waals surface area contributed by atoms with Crippen molar-refractivity contribution >= 4 is 0 Å². The van der Waals surface area contributed by atoms with E-state index in [0.717, 1.165) is 44.0 Å². The summed E-state index contributed by atoms with van der Waals surface area (Å²) in [4.78, 5) is 22.8. The average Bonchev–Trinajstić information content (AvgIpc) is 3.22. The number of hydrogen-bond donors (Lipinski definition) is 0. The van der Waals surface area contributed by atoms with E-state index in [1.54, 1.807) is 6.07 Å². The average molecular weight is 407 g/mol. The van der Waals surface area contributed by atoms with Crippen molar-refractivity contribution in [3.63, 3.8) is 0 Å². The van der Waals surface area contributed by atoms with Gasteiger partial charge in [-0.25, -0.2) is 0 Å². The van der Waals surface area contributed by atoms with Crippen molar-refractivity contribution in [1.82, 2.24) is 19.4 Å². The molecule has 2 aromatic rings. The number of likely N-dealkylation sites (tertiary alicyclic amines) is 2. The third kappa shape index (κ3) is 4.10. The van der Waals surface area contributed by atoms with Crippen molar-refractivity contribution in [3.8, 4) is 11.3 Å². The molecule has 3 aliphatic rings. The van der Waals surface area contributed by atoms with Crippen molar-refractivity contribution in [1.29, 1.82) is 0 Å². The monoisotopic (exact) mass is 406 g/mol. The maximum absolute atomic E-state index is 13.0. The Labute approximate surface area is 179 Å². The van der Waals surface area contributed by atoms with E-state index in [2.05, 4.69) is 41.8 Å². The fourth-order valence-electron chi connectivity index (χ4n) is 5.76. The van der Waals surface area contributed by atoms with Gasteiger partial charge in [-0.15, -0.1) is 0 Å². The van der Waals surface area contributed by atoms with Crippen LogP contribution in [0.3, 0.4) is 0 Å². The molecular weight excluding hydrogens is 372 g/mol. The Morgan fingerprint density at radius 1 is 1.07 bits per heavy atom. The molecule has 2 fully saturated rings. The van der Waals surface area contributed by atoms with Gasteiger partial charge in [-0.2, -0.15) is 0 Å². The van der Waals surface area contributed by atoms with E-state index in [-0.39, 0.29) is 5.56 Å². The van der Waals surface area contributed by atoms with E-state index in [4.69, 9.17) is 4.98 Å². The van der Waals surface area contributed by atoms with E-state index in [1.165, 1.54) is 43.6 Å². The summed E-state index contributed by atoms with van der Waals surface area (Å²) in [6.45, 7) is 12.2. The molecule has 3 aliphatic heterocycles. The van der Waals surface area contributed by atoms with Crippen LogP contribution in [0.4, 0.5) is 0 Å². The summed E-state index contributed by atoms with van der Waals surface area (Å²) in [5.74, 6) is 1.74. The van der Waals surface area contributed by atoms with Gasteiger partial charge in [0, 0.05) is 62.2 Å². The van der Waals surface area contributed by atoms with Gasteiger partial charge in [0.05, 0.1) is 5.69 Å². The van der Waals surface area contributed by atoms with Crippen molar-refractivity contribution < 1.29 is 0 Å². The Hall–Kier alpha value is -1.98. The van der Waals surface area contributed by atoms with Gasteiger partial charge in [-0.1, -0.05) is 19.9 Å². The summed E-state index contributed by atoms with van der Waals surface area (Å²) < 4.78 is 2.04. The molecule has 0 radical (unpaired) electrons. The van der Waals surface area contributed by atoms with E-state index < -0.39 is 0 Å². The second-order valence-electron chi connectivity index (χ2n) is 10.1. The summed E-state index contributed by atoms with van der Waals surface area (Å²) in [5, 5.41) is 0. The van der Waals surface area contributed by atoms with E-state index in [0.29, 0.717) is 17.8 Å². The highest BCUT2D eigenvalue weighted by molar-refractivity contribution is 5.59. The number of pyridine rings is 2. The molecule has 160 valence electrons. The lowest BCUT2D eigenvalue weighted by atomic mass is 9.82.